The van der Waals surface area contributed by atoms with Crippen LogP contribution < -0.4 is 5.32 Å². The van der Waals surface area contributed by atoms with E-state index in [1.807, 2.05) is 23.1 Å². The highest BCUT2D eigenvalue weighted by Crippen LogP contribution is 2.25. The highest BCUT2D eigenvalue weighted by Gasteiger charge is 2.30. The zero-order chi connectivity index (χ0) is 15.4. The van der Waals surface area contributed by atoms with Crippen LogP contribution in [0.2, 0.25) is 5.02 Å². The minimum atomic E-state index is 0.0165. The second kappa shape index (κ2) is 7.44. The summed E-state index contributed by atoms with van der Waals surface area (Å²) in [6.45, 7) is 3.20. The van der Waals surface area contributed by atoms with Gasteiger partial charge < -0.3 is 15.0 Å². The molecule has 0 unspecified atom stereocenters. The van der Waals surface area contributed by atoms with Crippen LogP contribution in [0.1, 0.15) is 24.8 Å². The molecule has 2 fully saturated rings. The first-order valence-corrected chi connectivity index (χ1v) is 8.47. The molecule has 0 saturated carbocycles. The molecular formula is C17H23ClN2O2. The minimum absolute atomic E-state index is 0.0165. The van der Waals surface area contributed by atoms with Crippen molar-refractivity contribution in [2.45, 2.75) is 37.8 Å². The Kier molecular flexibility index (Phi) is 5.34. The molecule has 2 saturated heterocycles. The fourth-order valence-electron chi connectivity index (χ4n) is 3.36. The number of carbonyl (C=O) groups excluding carboxylic acids is 1. The highest BCUT2D eigenvalue weighted by molar-refractivity contribution is 6.31. The van der Waals surface area contributed by atoms with Crippen LogP contribution in [0, 0.1) is 0 Å². The number of morpholine rings is 1. The third kappa shape index (κ3) is 3.80. The van der Waals surface area contributed by atoms with E-state index in [-0.39, 0.29) is 18.1 Å². The Labute approximate surface area is 136 Å². The number of carbonyl (C=O) groups is 1. The van der Waals surface area contributed by atoms with Crippen LogP contribution in [-0.4, -0.2) is 49.2 Å². The molecule has 22 heavy (non-hydrogen) atoms. The monoisotopic (exact) mass is 322 g/mol. The van der Waals surface area contributed by atoms with Gasteiger partial charge >= 0.3 is 0 Å². The van der Waals surface area contributed by atoms with Gasteiger partial charge in [0.25, 0.3) is 0 Å². The molecule has 2 atom stereocenters. The number of ether oxygens (including phenoxy) is 1. The molecule has 1 aromatic carbocycles. The van der Waals surface area contributed by atoms with Gasteiger partial charge in [-0.3, -0.25) is 4.79 Å². The predicted octanol–water partition coefficient (Wildman–Crippen LogP) is 2.25. The Bertz CT molecular complexity index is 517. The van der Waals surface area contributed by atoms with E-state index in [4.69, 9.17) is 16.3 Å². The third-order valence-electron chi connectivity index (χ3n) is 4.52. The molecular weight excluding hydrogens is 300 g/mol. The van der Waals surface area contributed by atoms with E-state index in [2.05, 4.69) is 11.4 Å². The maximum Gasteiger partial charge on any atom is 0.225 e. The van der Waals surface area contributed by atoms with E-state index in [1.54, 1.807) is 0 Å². The number of hydrogen-bond donors (Lipinski definition) is 1. The number of likely N-dealkylation sites (tertiary alicyclic amines) is 1. The van der Waals surface area contributed by atoms with Crippen LogP contribution in [0.3, 0.4) is 0 Å². The van der Waals surface area contributed by atoms with E-state index in [0.717, 1.165) is 49.5 Å². The van der Waals surface area contributed by atoms with E-state index in [0.29, 0.717) is 13.0 Å². The first-order valence-electron chi connectivity index (χ1n) is 8.09. The molecule has 5 heteroatoms. The van der Waals surface area contributed by atoms with E-state index < -0.39 is 0 Å². The van der Waals surface area contributed by atoms with Crippen molar-refractivity contribution in [2.75, 3.05) is 26.2 Å². The first-order chi connectivity index (χ1) is 10.7. The summed E-state index contributed by atoms with van der Waals surface area (Å²) >= 11 is 6.25. The van der Waals surface area contributed by atoms with Crippen molar-refractivity contribution < 1.29 is 9.53 Å². The number of halogens is 1. The molecule has 4 nitrogen and oxygen atoms in total. The molecule has 2 heterocycles. The normalized spacial score (nSPS) is 25.4. The Morgan fingerprint density at radius 2 is 2.27 bits per heavy atom. The summed E-state index contributed by atoms with van der Waals surface area (Å²) in [4.78, 5) is 14.6. The van der Waals surface area contributed by atoms with Crippen LogP contribution >= 0.6 is 11.6 Å². The van der Waals surface area contributed by atoms with Gasteiger partial charge in [0, 0.05) is 30.7 Å². The predicted molar refractivity (Wildman–Crippen MR) is 87.1 cm³/mol. The molecule has 0 radical (unpaired) electrons. The lowest BCUT2D eigenvalue weighted by Crippen LogP contribution is -2.44. The fraction of sp³-hybridized carbons (Fsp3) is 0.588. The largest absolute Gasteiger partial charge is 0.375 e. The third-order valence-corrected chi connectivity index (χ3v) is 4.89. The summed E-state index contributed by atoms with van der Waals surface area (Å²) in [5.41, 5.74) is 1.13. The van der Waals surface area contributed by atoms with Crippen molar-refractivity contribution in [1.29, 1.82) is 0 Å². The average Bonchev–Trinajstić information content (AvgIpc) is 2.99. The molecule has 1 N–H and O–H groups in total. The number of hydrogen-bond acceptors (Lipinski definition) is 3. The molecule has 1 aromatic rings. The first kappa shape index (κ1) is 15.8. The van der Waals surface area contributed by atoms with Gasteiger partial charge in [-0.15, -0.1) is 0 Å². The van der Waals surface area contributed by atoms with Gasteiger partial charge in [-0.25, -0.2) is 0 Å². The van der Waals surface area contributed by atoms with Gasteiger partial charge in [0.15, 0.2) is 0 Å². The molecule has 120 valence electrons. The van der Waals surface area contributed by atoms with Gasteiger partial charge in [-0.2, -0.15) is 0 Å². The molecule has 0 aromatic heterocycles. The maximum absolute atomic E-state index is 12.6. The van der Waals surface area contributed by atoms with Crippen molar-refractivity contribution in [3.05, 3.63) is 34.9 Å². The summed E-state index contributed by atoms with van der Waals surface area (Å²) in [5, 5.41) is 4.07. The van der Waals surface area contributed by atoms with Gasteiger partial charge in [0.1, 0.15) is 0 Å². The van der Waals surface area contributed by atoms with Crippen LogP contribution in [0.25, 0.3) is 0 Å². The van der Waals surface area contributed by atoms with Gasteiger partial charge in [0.05, 0.1) is 19.1 Å². The highest BCUT2D eigenvalue weighted by atomic mass is 35.5. The summed E-state index contributed by atoms with van der Waals surface area (Å²) in [6, 6.07) is 8.18. The number of nitrogens with one attached hydrogen (secondary N) is 1. The maximum atomic E-state index is 12.6. The molecule has 2 aliphatic heterocycles. The lowest BCUT2D eigenvalue weighted by atomic mass is 10.0. The number of rotatable bonds is 4. The fourth-order valence-corrected chi connectivity index (χ4v) is 3.57. The molecule has 3 rings (SSSR count). The van der Waals surface area contributed by atoms with Crippen LogP contribution in [0.4, 0.5) is 0 Å². The van der Waals surface area contributed by atoms with Crippen molar-refractivity contribution in [1.82, 2.24) is 10.2 Å². The van der Waals surface area contributed by atoms with Crippen molar-refractivity contribution in [3.8, 4) is 0 Å². The summed E-state index contributed by atoms with van der Waals surface area (Å²) in [5.74, 6) is 0.211. The smallest absolute Gasteiger partial charge is 0.225 e. The van der Waals surface area contributed by atoms with Crippen molar-refractivity contribution >= 4 is 17.5 Å². The molecule has 1 amide bonds. The Hall–Kier alpha value is -1.10. The molecule has 2 aliphatic rings. The summed E-state index contributed by atoms with van der Waals surface area (Å²) in [6.07, 6.45) is 3.47. The SMILES string of the molecule is O=C(C[C@@H]1CNCCO1)N1CCC[C@@H]1Cc1ccccc1Cl. The van der Waals surface area contributed by atoms with E-state index in [9.17, 15) is 4.79 Å². The Morgan fingerprint density at radius 1 is 1.41 bits per heavy atom. The standard InChI is InChI=1S/C17H23ClN2O2/c18-16-6-2-1-4-13(16)10-14-5-3-8-20(14)17(21)11-15-12-19-7-9-22-15/h1-2,4,6,14-15,19H,3,5,7-12H2/t14-,15-/m1/s1. The Morgan fingerprint density at radius 3 is 3.05 bits per heavy atom. The molecule has 0 bridgehead atoms. The average molecular weight is 323 g/mol. The van der Waals surface area contributed by atoms with Gasteiger partial charge in [0.2, 0.25) is 5.91 Å². The summed E-state index contributed by atoms with van der Waals surface area (Å²) < 4.78 is 5.65. The van der Waals surface area contributed by atoms with Crippen LogP contribution in [0.15, 0.2) is 24.3 Å². The Balaban J connectivity index is 1.60. The second-order valence-electron chi connectivity index (χ2n) is 6.08. The number of nitrogens with zero attached hydrogens (tertiary/aromatic N) is 1. The zero-order valence-corrected chi connectivity index (χ0v) is 13.5. The lowest BCUT2D eigenvalue weighted by Gasteiger charge is -2.29. The van der Waals surface area contributed by atoms with Crippen LogP contribution in [0.5, 0.6) is 0 Å². The number of benzene rings is 1. The van der Waals surface area contributed by atoms with Crippen LogP contribution in [-0.2, 0) is 16.0 Å². The second-order valence-corrected chi connectivity index (χ2v) is 6.49. The minimum Gasteiger partial charge on any atom is -0.375 e. The topological polar surface area (TPSA) is 41.6 Å². The van der Waals surface area contributed by atoms with Gasteiger partial charge in [-0.05, 0) is 30.9 Å². The van der Waals surface area contributed by atoms with Crippen molar-refractivity contribution in [2.24, 2.45) is 0 Å². The molecule has 0 spiro atoms. The lowest BCUT2D eigenvalue weighted by molar-refractivity contribution is -0.135. The van der Waals surface area contributed by atoms with E-state index >= 15 is 0 Å². The molecule has 0 aliphatic carbocycles. The zero-order valence-electron chi connectivity index (χ0n) is 12.8. The quantitative estimate of drug-likeness (QED) is 0.924. The van der Waals surface area contributed by atoms with Gasteiger partial charge in [-0.1, -0.05) is 29.8 Å². The summed E-state index contributed by atoms with van der Waals surface area (Å²) in [7, 11) is 0. The van der Waals surface area contributed by atoms with Crippen molar-refractivity contribution in [3.63, 3.8) is 0 Å². The number of amides is 1. The van der Waals surface area contributed by atoms with E-state index in [1.165, 1.54) is 0 Å².